The summed E-state index contributed by atoms with van der Waals surface area (Å²) in [4.78, 5) is 43.4. The second-order valence-electron chi connectivity index (χ2n) is 9.89. The normalized spacial score (nSPS) is 11.5. The third kappa shape index (κ3) is 6.52. The molecule has 1 heterocycles. The summed E-state index contributed by atoms with van der Waals surface area (Å²) in [5, 5.41) is 2.89. The Balaban J connectivity index is 1.86. The molecular formula is C30H31FN6O3S. The van der Waals surface area contributed by atoms with Crippen LogP contribution >= 0.6 is 11.5 Å². The maximum absolute atomic E-state index is 14.3. The molecule has 4 aromatic rings. The van der Waals surface area contributed by atoms with Gasteiger partial charge in [0.25, 0.3) is 11.8 Å². The minimum atomic E-state index is -1.14. The number of nitrogens with one attached hydrogen (secondary N) is 1. The molecule has 0 saturated carbocycles. The van der Waals surface area contributed by atoms with Crippen LogP contribution in [0.25, 0.3) is 0 Å². The fourth-order valence-electron chi connectivity index (χ4n) is 4.47. The molecule has 1 unspecified atom stereocenters. The number of benzene rings is 3. The maximum atomic E-state index is 14.3. The van der Waals surface area contributed by atoms with Crippen LogP contribution in [0.1, 0.15) is 48.5 Å². The van der Waals surface area contributed by atoms with E-state index in [1.807, 2.05) is 51.0 Å². The molecule has 1 atom stereocenters. The van der Waals surface area contributed by atoms with Crippen molar-refractivity contribution in [1.82, 2.24) is 9.69 Å². The van der Waals surface area contributed by atoms with Gasteiger partial charge in [-0.2, -0.15) is 4.37 Å². The van der Waals surface area contributed by atoms with Gasteiger partial charge in [-0.1, -0.05) is 30.3 Å². The maximum Gasteiger partial charge on any atom is 0.273 e. The number of rotatable bonds is 9. The topological polar surface area (TPSA) is 135 Å². The summed E-state index contributed by atoms with van der Waals surface area (Å²) in [5.74, 6) is -2.33. The number of aromatic nitrogens is 1. The van der Waals surface area contributed by atoms with Crippen molar-refractivity contribution in [1.29, 1.82) is 0 Å². The standard InChI is InChI=1S/C30H31FN6O3S/c1-17-13-18(2)15-23(14-17)37(30(40)27-24(32)25(28(33)38)35-41-27)26(20-7-11-22(12-8-20)36(3)4)29(39)34-16-19-5-9-21(31)10-6-19/h5-15,26H,16,32H2,1-4H3,(H2,33,38)(H,34,39). The molecule has 4 rings (SSSR count). The van der Waals surface area contributed by atoms with Crippen molar-refractivity contribution in [3.63, 3.8) is 0 Å². The number of hydrogen-bond acceptors (Lipinski definition) is 7. The van der Waals surface area contributed by atoms with Gasteiger partial charge in [0.1, 0.15) is 16.7 Å². The van der Waals surface area contributed by atoms with Crippen LogP contribution < -0.4 is 26.6 Å². The summed E-state index contributed by atoms with van der Waals surface area (Å²) in [6.07, 6.45) is 0. The van der Waals surface area contributed by atoms with Crippen LogP contribution in [0, 0.1) is 19.7 Å². The number of hydrogen-bond donors (Lipinski definition) is 3. The second-order valence-corrected chi connectivity index (χ2v) is 10.7. The second kappa shape index (κ2) is 12.2. The molecule has 0 fully saturated rings. The Hall–Kier alpha value is -4.77. The quantitative estimate of drug-likeness (QED) is 0.272. The Morgan fingerprint density at radius 2 is 1.56 bits per heavy atom. The van der Waals surface area contributed by atoms with Gasteiger partial charge in [-0.15, -0.1) is 0 Å². The van der Waals surface area contributed by atoms with Crippen LogP contribution in [0.3, 0.4) is 0 Å². The lowest BCUT2D eigenvalue weighted by atomic mass is 10.0. The smallest absolute Gasteiger partial charge is 0.273 e. The number of primary amides is 1. The van der Waals surface area contributed by atoms with E-state index in [4.69, 9.17) is 11.5 Å². The largest absolute Gasteiger partial charge is 0.395 e. The van der Waals surface area contributed by atoms with Gasteiger partial charge in [0.05, 0.1) is 5.69 Å². The summed E-state index contributed by atoms with van der Waals surface area (Å²) >= 11 is 0.745. The fourth-order valence-corrected chi connectivity index (χ4v) is 5.21. The first-order valence-corrected chi connectivity index (χ1v) is 13.5. The van der Waals surface area contributed by atoms with Gasteiger partial charge in [-0.05, 0) is 84.0 Å². The van der Waals surface area contributed by atoms with Crippen molar-refractivity contribution < 1.29 is 18.8 Å². The highest BCUT2D eigenvalue weighted by Gasteiger charge is 2.36. The van der Waals surface area contributed by atoms with Crippen molar-refractivity contribution in [2.75, 3.05) is 29.6 Å². The molecule has 0 aliphatic carbocycles. The molecule has 41 heavy (non-hydrogen) atoms. The zero-order valence-electron chi connectivity index (χ0n) is 23.1. The van der Waals surface area contributed by atoms with Gasteiger partial charge < -0.3 is 21.7 Å². The Labute approximate surface area is 241 Å². The van der Waals surface area contributed by atoms with Crippen LogP contribution in [0.4, 0.5) is 21.5 Å². The van der Waals surface area contributed by atoms with E-state index < -0.39 is 23.8 Å². The number of amides is 3. The van der Waals surface area contributed by atoms with Gasteiger partial charge >= 0.3 is 0 Å². The summed E-state index contributed by atoms with van der Waals surface area (Å²) in [6.45, 7) is 3.89. The van der Waals surface area contributed by atoms with Crippen LogP contribution in [0.2, 0.25) is 0 Å². The van der Waals surface area contributed by atoms with Gasteiger partial charge in [0, 0.05) is 32.0 Å². The fraction of sp³-hybridized carbons (Fsp3) is 0.200. The SMILES string of the molecule is Cc1cc(C)cc(N(C(=O)c2snc(C(N)=O)c2N)C(C(=O)NCc2ccc(F)cc2)c2ccc(N(C)C)cc2)c1. The highest BCUT2D eigenvalue weighted by atomic mass is 32.1. The van der Waals surface area contributed by atoms with Crippen LogP contribution in [-0.2, 0) is 11.3 Å². The van der Waals surface area contributed by atoms with Crippen molar-refractivity contribution >= 4 is 46.3 Å². The number of nitrogens with zero attached hydrogens (tertiary/aromatic N) is 3. The molecule has 3 amide bonds. The van der Waals surface area contributed by atoms with Crippen molar-refractivity contribution in [2.45, 2.75) is 26.4 Å². The first-order valence-electron chi connectivity index (χ1n) is 12.7. The van der Waals surface area contributed by atoms with Gasteiger partial charge in [-0.3, -0.25) is 19.3 Å². The molecule has 9 nitrogen and oxygen atoms in total. The van der Waals surface area contributed by atoms with Gasteiger partial charge in [0.2, 0.25) is 5.91 Å². The highest BCUT2D eigenvalue weighted by Crippen LogP contribution is 2.34. The van der Waals surface area contributed by atoms with E-state index >= 15 is 0 Å². The molecule has 11 heteroatoms. The lowest BCUT2D eigenvalue weighted by Gasteiger charge is -2.32. The number of nitrogen functional groups attached to an aromatic ring is 1. The summed E-state index contributed by atoms with van der Waals surface area (Å²) < 4.78 is 17.4. The van der Waals surface area contributed by atoms with Crippen molar-refractivity contribution in [2.24, 2.45) is 5.73 Å². The molecule has 0 bridgehead atoms. The number of nitrogens with two attached hydrogens (primary N) is 2. The molecule has 0 radical (unpaired) electrons. The van der Waals surface area contributed by atoms with E-state index in [1.54, 1.807) is 36.4 Å². The van der Waals surface area contributed by atoms with E-state index in [0.29, 0.717) is 16.8 Å². The van der Waals surface area contributed by atoms with Crippen molar-refractivity contribution in [3.8, 4) is 0 Å². The van der Waals surface area contributed by atoms with Gasteiger partial charge in [-0.25, -0.2) is 4.39 Å². The summed E-state index contributed by atoms with van der Waals surface area (Å²) in [5.41, 5.74) is 15.6. The van der Waals surface area contributed by atoms with E-state index in [0.717, 1.165) is 28.3 Å². The average Bonchev–Trinajstić information content (AvgIpc) is 3.31. The van der Waals surface area contributed by atoms with E-state index in [-0.39, 0.29) is 28.6 Å². The van der Waals surface area contributed by atoms with E-state index in [9.17, 15) is 18.8 Å². The van der Waals surface area contributed by atoms with Gasteiger partial charge in [0.15, 0.2) is 5.69 Å². The van der Waals surface area contributed by atoms with E-state index in [2.05, 4.69) is 9.69 Å². The minimum Gasteiger partial charge on any atom is -0.395 e. The Kier molecular flexibility index (Phi) is 8.68. The summed E-state index contributed by atoms with van der Waals surface area (Å²) in [6, 6.07) is 17.5. The molecule has 3 aromatic carbocycles. The first-order chi connectivity index (χ1) is 19.5. The molecule has 1 aromatic heterocycles. The number of halogens is 1. The summed E-state index contributed by atoms with van der Waals surface area (Å²) in [7, 11) is 3.80. The lowest BCUT2D eigenvalue weighted by Crippen LogP contribution is -2.44. The molecule has 0 spiro atoms. The Morgan fingerprint density at radius 3 is 2.10 bits per heavy atom. The third-order valence-electron chi connectivity index (χ3n) is 6.47. The molecule has 5 N–H and O–H groups in total. The van der Waals surface area contributed by atoms with Crippen LogP contribution in [-0.4, -0.2) is 36.2 Å². The molecule has 0 aliphatic rings. The van der Waals surface area contributed by atoms with Crippen LogP contribution in [0.15, 0.2) is 66.7 Å². The molecule has 0 saturated heterocycles. The molecule has 212 valence electrons. The predicted molar refractivity (Wildman–Crippen MR) is 160 cm³/mol. The molecular weight excluding hydrogens is 543 g/mol. The average molecular weight is 575 g/mol. The van der Waals surface area contributed by atoms with E-state index in [1.165, 1.54) is 17.0 Å². The number of anilines is 3. The van der Waals surface area contributed by atoms with Crippen molar-refractivity contribution in [3.05, 3.63) is 105 Å². The third-order valence-corrected chi connectivity index (χ3v) is 7.32. The predicted octanol–water partition coefficient (Wildman–Crippen LogP) is 4.35. The van der Waals surface area contributed by atoms with Crippen LogP contribution in [0.5, 0.6) is 0 Å². The monoisotopic (exact) mass is 574 g/mol. The number of carbonyl (C=O) groups excluding carboxylic acids is 3. The minimum absolute atomic E-state index is 0.0146. The highest BCUT2D eigenvalue weighted by molar-refractivity contribution is 7.09. The Bertz CT molecular complexity index is 1560. The number of carbonyl (C=O) groups is 3. The lowest BCUT2D eigenvalue weighted by molar-refractivity contribution is -0.122. The molecule has 0 aliphatic heterocycles. The zero-order chi connectivity index (χ0) is 29.8. The first kappa shape index (κ1) is 29.2. The zero-order valence-corrected chi connectivity index (χ0v) is 24.0. The number of aryl methyl sites for hydroxylation is 2. The Morgan fingerprint density at radius 1 is 0.951 bits per heavy atom.